The highest BCUT2D eigenvalue weighted by Crippen LogP contribution is 2.18. The van der Waals surface area contributed by atoms with Crippen molar-refractivity contribution in [2.75, 3.05) is 0 Å². The monoisotopic (exact) mass is 303 g/mol. The lowest BCUT2D eigenvalue weighted by Gasteiger charge is -2.04. The summed E-state index contributed by atoms with van der Waals surface area (Å²) >= 11 is 0. The Kier molecular flexibility index (Phi) is 3.65. The predicted octanol–water partition coefficient (Wildman–Crippen LogP) is 3.16. The quantitative estimate of drug-likeness (QED) is 0.712. The van der Waals surface area contributed by atoms with E-state index in [1.807, 2.05) is 31.2 Å². The molecule has 5 heteroatoms. The third-order valence-electron chi connectivity index (χ3n) is 3.54. The van der Waals surface area contributed by atoms with Gasteiger partial charge in [0.15, 0.2) is 0 Å². The molecule has 1 aromatic heterocycles. The molecule has 112 valence electrons. The molecule has 0 atom stereocenters. The lowest BCUT2D eigenvalue weighted by atomic mass is 10.1. The average molecular weight is 303 g/mol. The van der Waals surface area contributed by atoms with Crippen molar-refractivity contribution in [1.29, 1.82) is 5.26 Å². The Bertz CT molecular complexity index is 1030. The van der Waals surface area contributed by atoms with E-state index in [0.29, 0.717) is 22.2 Å². The minimum absolute atomic E-state index is 0.0307. The van der Waals surface area contributed by atoms with Gasteiger partial charge in [-0.3, -0.25) is 4.79 Å². The molecule has 0 aliphatic carbocycles. The maximum Gasteiger partial charge on any atom is 0.274 e. The Morgan fingerprint density at radius 2 is 2.09 bits per heavy atom. The Morgan fingerprint density at radius 1 is 1.30 bits per heavy atom. The third kappa shape index (κ3) is 2.83. The highest BCUT2D eigenvalue weighted by Gasteiger charge is 2.07. The molecule has 0 fully saturated rings. The van der Waals surface area contributed by atoms with Gasteiger partial charge in [-0.15, -0.1) is 0 Å². The molecular weight excluding hydrogens is 290 g/mol. The molecule has 3 rings (SSSR count). The van der Waals surface area contributed by atoms with E-state index in [9.17, 15) is 9.90 Å². The number of nitrogens with one attached hydrogen (secondary N) is 1. The van der Waals surface area contributed by atoms with E-state index in [1.54, 1.807) is 24.3 Å². The van der Waals surface area contributed by atoms with Crippen LogP contribution >= 0.6 is 0 Å². The Morgan fingerprint density at radius 3 is 2.83 bits per heavy atom. The largest absolute Gasteiger partial charge is 0.507 e. The molecular formula is C18H13N3O2. The van der Waals surface area contributed by atoms with Gasteiger partial charge in [0.1, 0.15) is 11.5 Å². The molecule has 2 aromatic carbocycles. The zero-order valence-electron chi connectivity index (χ0n) is 12.4. The number of benzene rings is 2. The number of aromatic nitrogens is 2. The summed E-state index contributed by atoms with van der Waals surface area (Å²) in [5.41, 5.74) is 2.71. The second kappa shape index (κ2) is 5.78. The zero-order chi connectivity index (χ0) is 16.4. The van der Waals surface area contributed by atoms with Crippen LogP contribution in [0.3, 0.4) is 0 Å². The number of aryl methyl sites for hydroxylation is 1. The van der Waals surface area contributed by atoms with Crippen LogP contribution < -0.4 is 5.56 Å². The topological polar surface area (TPSA) is 89.8 Å². The van der Waals surface area contributed by atoms with Crippen LogP contribution in [-0.2, 0) is 0 Å². The van der Waals surface area contributed by atoms with Gasteiger partial charge in [-0.2, -0.15) is 5.26 Å². The number of hydrogen-bond acceptors (Lipinski definition) is 4. The van der Waals surface area contributed by atoms with Crippen molar-refractivity contribution < 1.29 is 5.11 Å². The minimum atomic E-state index is -0.401. The van der Waals surface area contributed by atoms with Gasteiger partial charge in [0, 0.05) is 11.6 Å². The van der Waals surface area contributed by atoms with Crippen molar-refractivity contribution >= 4 is 22.9 Å². The van der Waals surface area contributed by atoms with Crippen LogP contribution in [0.15, 0.2) is 47.3 Å². The fourth-order valence-corrected chi connectivity index (χ4v) is 2.33. The summed E-state index contributed by atoms with van der Waals surface area (Å²) in [6, 6.07) is 14.2. The highest BCUT2D eigenvalue weighted by atomic mass is 16.3. The fraction of sp³-hybridized carbons (Fsp3) is 0.0556. The zero-order valence-corrected chi connectivity index (χ0v) is 12.4. The van der Waals surface area contributed by atoms with Gasteiger partial charge in [-0.25, -0.2) is 4.98 Å². The first kappa shape index (κ1) is 14.5. The van der Waals surface area contributed by atoms with E-state index in [2.05, 4.69) is 9.97 Å². The molecule has 0 saturated heterocycles. The number of nitrogens with zero attached hydrogens (tertiary/aromatic N) is 2. The van der Waals surface area contributed by atoms with Crippen molar-refractivity contribution in [2.45, 2.75) is 6.92 Å². The van der Waals surface area contributed by atoms with E-state index in [4.69, 9.17) is 5.26 Å². The lowest BCUT2D eigenvalue weighted by Crippen LogP contribution is -2.12. The van der Waals surface area contributed by atoms with Crippen molar-refractivity contribution in [2.24, 2.45) is 0 Å². The molecule has 3 aromatic rings. The van der Waals surface area contributed by atoms with E-state index in [1.165, 1.54) is 6.08 Å². The van der Waals surface area contributed by atoms with Gasteiger partial charge < -0.3 is 10.1 Å². The molecule has 1 heterocycles. The Labute approximate surface area is 132 Å². The standard InChI is InChI=1S/C18H13N3O2/c1-11-4-2-3-5-13(11)17(22)9-16-18(23)21-14-7-6-12(10-19)8-15(14)20-16/h2-9,22H,1H3,(H,21,23). The number of hydrogen-bond donors (Lipinski definition) is 2. The van der Waals surface area contributed by atoms with Crippen LogP contribution in [0.1, 0.15) is 22.4 Å². The molecule has 0 amide bonds. The molecule has 0 unspecified atom stereocenters. The van der Waals surface area contributed by atoms with E-state index < -0.39 is 5.56 Å². The Hall–Kier alpha value is -3.39. The van der Waals surface area contributed by atoms with Crippen LogP contribution in [0, 0.1) is 18.3 Å². The Balaban J connectivity index is 2.14. The summed E-state index contributed by atoms with van der Waals surface area (Å²) in [4.78, 5) is 19.0. The minimum Gasteiger partial charge on any atom is -0.507 e. The van der Waals surface area contributed by atoms with Gasteiger partial charge in [-0.05, 0) is 30.7 Å². The fourth-order valence-electron chi connectivity index (χ4n) is 2.33. The molecule has 0 saturated carbocycles. The average Bonchev–Trinajstić information content (AvgIpc) is 2.55. The normalized spacial score (nSPS) is 11.4. The molecule has 0 aliphatic heterocycles. The van der Waals surface area contributed by atoms with Crippen molar-refractivity contribution in [1.82, 2.24) is 9.97 Å². The number of H-pyrrole nitrogens is 1. The van der Waals surface area contributed by atoms with E-state index in [-0.39, 0.29) is 11.5 Å². The van der Waals surface area contributed by atoms with Gasteiger partial charge in [0.2, 0.25) is 0 Å². The molecule has 0 aliphatic rings. The van der Waals surface area contributed by atoms with Gasteiger partial charge >= 0.3 is 0 Å². The summed E-state index contributed by atoms with van der Waals surface area (Å²) in [5.74, 6) is -0.0307. The SMILES string of the molecule is Cc1ccccc1C(O)=Cc1nc2cc(C#N)ccc2[nH]c1=O. The summed E-state index contributed by atoms with van der Waals surface area (Å²) in [6.07, 6.45) is 1.33. The van der Waals surface area contributed by atoms with Crippen molar-refractivity contribution in [3.05, 3.63) is 75.2 Å². The van der Waals surface area contributed by atoms with Gasteiger partial charge in [0.05, 0.1) is 22.7 Å². The number of fused-ring (bicyclic) bond motifs is 1. The highest BCUT2D eigenvalue weighted by molar-refractivity contribution is 5.80. The summed E-state index contributed by atoms with van der Waals surface area (Å²) in [7, 11) is 0. The van der Waals surface area contributed by atoms with Crippen LogP contribution in [-0.4, -0.2) is 15.1 Å². The molecule has 23 heavy (non-hydrogen) atoms. The predicted molar refractivity (Wildman–Crippen MR) is 88.8 cm³/mol. The molecule has 5 nitrogen and oxygen atoms in total. The molecule has 2 N–H and O–H groups in total. The van der Waals surface area contributed by atoms with Crippen LogP contribution in [0.4, 0.5) is 0 Å². The number of rotatable bonds is 2. The van der Waals surface area contributed by atoms with Gasteiger partial charge in [-0.1, -0.05) is 24.3 Å². The number of aliphatic hydroxyl groups is 1. The first-order valence-corrected chi connectivity index (χ1v) is 6.99. The van der Waals surface area contributed by atoms with Gasteiger partial charge in [0.25, 0.3) is 5.56 Å². The lowest BCUT2D eigenvalue weighted by molar-refractivity contribution is 0.514. The van der Waals surface area contributed by atoms with Crippen LogP contribution in [0.25, 0.3) is 22.9 Å². The van der Waals surface area contributed by atoms with E-state index in [0.717, 1.165) is 5.56 Å². The maximum atomic E-state index is 12.1. The second-order valence-corrected chi connectivity index (χ2v) is 5.14. The summed E-state index contributed by atoms with van der Waals surface area (Å²) < 4.78 is 0. The first-order valence-electron chi connectivity index (χ1n) is 6.99. The third-order valence-corrected chi connectivity index (χ3v) is 3.54. The molecule has 0 bridgehead atoms. The molecule has 0 spiro atoms. The second-order valence-electron chi connectivity index (χ2n) is 5.14. The van der Waals surface area contributed by atoms with Crippen molar-refractivity contribution in [3.63, 3.8) is 0 Å². The first-order chi connectivity index (χ1) is 11.1. The number of aliphatic hydroxyl groups excluding tert-OH is 1. The number of aromatic amines is 1. The van der Waals surface area contributed by atoms with E-state index >= 15 is 0 Å². The molecule has 0 radical (unpaired) electrons. The van der Waals surface area contributed by atoms with Crippen LogP contribution in [0.5, 0.6) is 0 Å². The van der Waals surface area contributed by atoms with Crippen LogP contribution in [0.2, 0.25) is 0 Å². The smallest absolute Gasteiger partial charge is 0.274 e. The maximum absolute atomic E-state index is 12.1. The summed E-state index contributed by atoms with van der Waals surface area (Å²) in [5, 5.41) is 19.2. The number of nitriles is 1. The van der Waals surface area contributed by atoms with Crippen molar-refractivity contribution in [3.8, 4) is 6.07 Å². The summed E-state index contributed by atoms with van der Waals surface area (Å²) in [6.45, 7) is 1.87.